The van der Waals surface area contributed by atoms with Gasteiger partial charge in [0.25, 0.3) is 0 Å². The van der Waals surface area contributed by atoms with Gasteiger partial charge in [0, 0.05) is 31.3 Å². The Labute approximate surface area is 188 Å². The largest absolute Gasteiger partial charge is 0.354 e. The molecule has 170 valence electrons. The van der Waals surface area contributed by atoms with E-state index in [9.17, 15) is 21.6 Å². The SMILES string of the molecule is Cc1ccc(SCCNC(=O)CN(c2ccc(S(=O)(=O)N(C)C)cc2)S(C)(=O)=O)cc1. The van der Waals surface area contributed by atoms with E-state index in [-0.39, 0.29) is 10.6 Å². The summed E-state index contributed by atoms with van der Waals surface area (Å²) in [6.45, 7) is 2.00. The monoisotopic (exact) mass is 485 g/mol. The molecule has 0 saturated heterocycles. The second kappa shape index (κ2) is 10.5. The molecule has 0 heterocycles. The molecule has 2 aromatic rings. The molecule has 0 aliphatic heterocycles. The molecule has 0 unspecified atom stereocenters. The molecule has 0 aliphatic carbocycles. The Balaban J connectivity index is 2.00. The number of anilines is 1. The zero-order valence-electron chi connectivity index (χ0n) is 17.9. The van der Waals surface area contributed by atoms with Crippen LogP contribution in [0.15, 0.2) is 58.3 Å². The molecule has 1 N–H and O–H groups in total. The molecule has 1 amide bonds. The summed E-state index contributed by atoms with van der Waals surface area (Å²) in [6.07, 6.45) is 0.998. The molecule has 0 radical (unpaired) electrons. The summed E-state index contributed by atoms with van der Waals surface area (Å²) in [5, 5.41) is 2.72. The van der Waals surface area contributed by atoms with Gasteiger partial charge in [0.15, 0.2) is 0 Å². The van der Waals surface area contributed by atoms with Crippen molar-refractivity contribution >= 4 is 43.4 Å². The van der Waals surface area contributed by atoms with Gasteiger partial charge in [0.1, 0.15) is 6.54 Å². The lowest BCUT2D eigenvalue weighted by molar-refractivity contribution is -0.119. The van der Waals surface area contributed by atoms with Gasteiger partial charge in [-0.1, -0.05) is 17.7 Å². The molecule has 0 aromatic heterocycles. The Bertz CT molecular complexity index is 1100. The number of amides is 1. The van der Waals surface area contributed by atoms with Crippen LogP contribution in [0.3, 0.4) is 0 Å². The van der Waals surface area contributed by atoms with Crippen molar-refractivity contribution in [1.29, 1.82) is 0 Å². The van der Waals surface area contributed by atoms with Crippen molar-refractivity contribution in [2.75, 3.05) is 43.5 Å². The highest BCUT2D eigenvalue weighted by atomic mass is 32.2. The normalized spacial score (nSPS) is 12.0. The number of thioether (sulfide) groups is 1. The molecule has 0 aliphatic rings. The Morgan fingerprint density at radius 2 is 1.55 bits per heavy atom. The van der Waals surface area contributed by atoms with Crippen molar-refractivity contribution in [3.8, 4) is 0 Å². The van der Waals surface area contributed by atoms with Crippen LogP contribution in [0.5, 0.6) is 0 Å². The summed E-state index contributed by atoms with van der Waals surface area (Å²) in [4.78, 5) is 13.4. The highest BCUT2D eigenvalue weighted by Crippen LogP contribution is 2.22. The van der Waals surface area contributed by atoms with Gasteiger partial charge in [-0.2, -0.15) is 0 Å². The molecule has 2 rings (SSSR count). The minimum atomic E-state index is -3.75. The Morgan fingerprint density at radius 3 is 2.06 bits per heavy atom. The third kappa shape index (κ3) is 7.23. The molecule has 2 aromatic carbocycles. The van der Waals surface area contributed by atoms with Crippen LogP contribution >= 0.6 is 11.8 Å². The molecule has 31 heavy (non-hydrogen) atoms. The van der Waals surface area contributed by atoms with Gasteiger partial charge in [-0.25, -0.2) is 21.1 Å². The number of benzene rings is 2. The standard InChI is InChI=1S/C20H27N3O5S3/c1-16-5-9-18(10-6-16)29-14-13-21-20(24)15-23(30(4,25)26)17-7-11-19(12-8-17)31(27,28)22(2)3/h5-12H,13-15H2,1-4H3,(H,21,24). The summed E-state index contributed by atoms with van der Waals surface area (Å²) in [6, 6.07) is 13.4. The van der Waals surface area contributed by atoms with Crippen LogP contribution in [0.1, 0.15) is 5.56 Å². The predicted molar refractivity (Wildman–Crippen MR) is 124 cm³/mol. The molecule has 8 nitrogen and oxygen atoms in total. The topological polar surface area (TPSA) is 104 Å². The Morgan fingerprint density at radius 1 is 0.968 bits per heavy atom. The molecule has 0 bridgehead atoms. The summed E-state index contributed by atoms with van der Waals surface area (Å²) in [5.41, 5.74) is 1.38. The Hall–Kier alpha value is -2.08. The number of nitrogens with one attached hydrogen (secondary N) is 1. The fourth-order valence-corrected chi connectivity index (χ4v) is 5.10. The molecule has 0 fully saturated rings. The highest BCUT2D eigenvalue weighted by molar-refractivity contribution is 7.99. The maximum Gasteiger partial charge on any atom is 0.242 e. The number of sulfonamides is 2. The minimum absolute atomic E-state index is 0.0345. The molecular weight excluding hydrogens is 458 g/mol. The van der Waals surface area contributed by atoms with E-state index < -0.39 is 32.5 Å². The quantitative estimate of drug-likeness (QED) is 0.407. The first kappa shape index (κ1) is 25.2. The second-order valence-electron chi connectivity index (χ2n) is 7.06. The molecule has 0 spiro atoms. The second-order valence-corrected chi connectivity index (χ2v) is 12.3. The van der Waals surface area contributed by atoms with Crippen LogP contribution in [-0.4, -0.2) is 66.2 Å². The third-order valence-corrected chi connectivity index (χ3v) is 8.29. The lowest BCUT2D eigenvalue weighted by Crippen LogP contribution is -2.41. The van der Waals surface area contributed by atoms with Gasteiger partial charge in [-0.15, -0.1) is 11.8 Å². The average Bonchev–Trinajstić information content (AvgIpc) is 2.70. The van der Waals surface area contributed by atoms with Gasteiger partial charge in [-0.05, 0) is 43.3 Å². The van der Waals surface area contributed by atoms with E-state index in [1.807, 2.05) is 31.2 Å². The number of aryl methyl sites for hydroxylation is 1. The number of nitrogens with zero attached hydrogens (tertiary/aromatic N) is 2. The fourth-order valence-electron chi connectivity index (χ4n) is 2.58. The van der Waals surface area contributed by atoms with Gasteiger partial charge in [-0.3, -0.25) is 9.10 Å². The predicted octanol–water partition coefficient (Wildman–Crippen LogP) is 1.92. The van der Waals surface area contributed by atoms with Crippen LogP contribution in [0.2, 0.25) is 0 Å². The third-order valence-electron chi connectivity index (χ3n) is 4.30. The van der Waals surface area contributed by atoms with E-state index in [1.54, 1.807) is 11.8 Å². The number of hydrogen-bond acceptors (Lipinski definition) is 6. The van der Waals surface area contributed by atoms with Crippen molar-refractivity contribution in [2.45, 2.75) is 16.7 Å². The van der Waals surface area contributed by atoms with E-state index in [2.05, 4.69) is 5.32 Å². The van der Waals surface area contributed by atoms with Crippen LogP contribution in [0, 0.1) is 6.92 Å². The van der Waals surface area contributed by atoms with Crippen molar-refractivity contribution in [1.82, 2.24) is 9.62 Å². The van der Waals surface area contributed by atoms with E-state index >= 15 is 0 Å². The summed E-state index contributed by atoms with van der Waals surface area (Å²) in [7, 11) is -4.56. The van der Waals surface area contributed by atoms with E-state index in [0.29, 0.717) is 12.3 Å². The first-order chi connectivity index (χ1) is 14.4. The van der Waals surface area contributed by atoms with Crippen molar-refractivity contribution in [2.24, 2.45) is 0 Å². The smallest absolute Gasteiger partial charge is 0.242 e. The molecule has 0 saturated carbocycles. The van der Waals surface area contributed by atoms with Crippen molar-refractivity contribution in [3.63, 3.8) is 0 Å². The van der Waals surface area contributed by atoms with Crippen molar-refractivity contribution in [3.05, 3.63) is 54.1 Å². The van der Waals surface area contributed by atoms with Gasteiger partial charge >= 0.3 is 0 Å². The van der Waals surface area contributed by atoms with Gasteiger partial charge < -0.3 is 5.32 Å². The molecule has 11 heteroatoms. The zero-order valence-corrected chi connectivity index (χ0v) is 20.4. The summed E-state index contributed by atoms with van der Waals surface area (Å²) < 4.78 is 50.8. The van der Waals surface area contributed by atoms with E-state index in [4.69, 9.17) is 0 Å². The summed E-state index contributed by atoms with van der Waals surface area (Å²) >= 11 is 1.59. The lowest BCUT2D eigenvalue weighted by Gasteiger charge is -2.22. The first-order valence-electron chi connectivity index (χ1n) is 9.38. The van der Waals surface area contributed by atoms with Crippen LogP contribution in [0.25, 0.3) is 0 Å². The number of hydrogen-bond donors (Lipinski definition) is 1. The first-order valence-corrected chi connectivity index (χ1v) is 13.6. The van der Waals surface area contributed by atoms with Gasteiger partial charge in [0.2, 0.25) is 26.0 Å². The van der Waals surface area contributed by atoms with Gasteiger partial charge in [0.05, 0.1) is 16.8 Å². The Kier molecular flexibility index (Phi) is 8.52. The fraction of sp³-hybridized carbons (Fsp3) is 0.350. The maximum absolute atomic E-state index is 12.3. The summed E-state index contributed by atoms with van der Waals surface area (Å²) in [5.74, 6) is 0.199. The van der Waals surface area contributed by atoms with Crippen LogP contribution in [-0.2, 0) is 24.8 Å². The number of carbonyl (C=O) groups excluding carboxylic acids is 1. The highest BCUT2D eigenvalue weighted by Gasteiger charge is 2.22. The molecular formula is C20H27N3O5S3. The average molecular weight is 486 g/mol. The zero-order chi connectivity index (χ0) is 23.2. The minimum Gasteiger partial charge on any atom is -0.354 e. The maximum atomic E-state index is 12.3. The van der Waals surface area contributed by atoms with E-state index in [1.165, 1.54) is 43.9 Å². The number of carbonyl (C=O) groups is 1. The molecule has 0 atom stereocenters. The van der Waals surface area contributed by atoms with Crippen LogP contribution < -0.4 is 9.62 Å². The number of rotatable bonds is 10. The van der Waals surface area contributed by atoms with E-state index in [0.717, 1.165) is 19.8 Å². The van der Waals surface area contributed by atoms with Crippen LogP contribution in [0.4, 0.5) is 5.69 Å². The lowest BCUT2D eigenvalue weighted by atomic mass is 10.2. The van der Waals surface area contributed by atoms with Crippen molar-refractivity contribution < 1.29 is 21.6 Å².